The lowest BCUT2D eigenvalue weighted by Crippen LogP contribution is -2.42. The van der Waals surface area contributed by atoms with Gasteiger partial charge in [0.2, 0.25) is 5.91 Å². The van der Waals surface area contributed by atoms with Gasteiger partial charge in [0.05, 0.1) is 0 Å². The zero-order chi connectivity index (χ0) is 14.9. The number of rotatable bonds is 3. The minimum absolute atomic E-state index is 0.0137. The summed E-state index contributed by atoms with van der Waals surface area (Å²) in [6, 6.07) is -0.575. The molecule has 1 fully saturated rings. The maximum Gasteiger partial charge on any atom is 0.329 e. The highest BCUT2D eigenvalue weighted by Crippen LogP contribution is 2.13. The van der Waals surface area contributed by atoms with Crippen molar-refractivity contribution in [1.82, 2.24) is 14.5 Å². The standard InChI is InChI=1S/C12H19N5O3/c1-7(11(19)17-5-3-4-6-17)14-8-9(13)16(2)12(20)15-10(8)18/h7,14H,3-6,13H2,1-2H3,(H,15,18,20). The van der Waals surface area contributed by atoms with Crippen LogP contribution < -0.4 is 22.3 Å². The summed E-state index contributed by atoms with van der Waals surface area (Å²) < 4.78 is 1.12. The lowest BCUT2D eigenvalue weighted by molar-refractivity contribution is -0.130. The summed E-state index contributed by atoms with van der Waals surface area (Å²) in [5, 5.41) is 2.80. The van der Waals surface area contributed by atoms with Gasteiger partial charge in [-0.2, -0.15) is 0 Å². The van der Waals surface area contributed by atoms with Crippen molar-refractivity contribution in [3.63, 3.8) is 0 Å². The van der Waals surface area contributed by atoms with Crippen LogP contribution in [0.1, 0.15) is 19.8 Å². The van der Waals surface area contributed by atoms with Crippen LogP contribution >= 0.6 is 0 Å². The van der Waals surface area contributed by atoms with Gasteiger partial charge in [-0.3, -0.25) is 19.1 Å². The molecule has 2 heterocycles. The molecule has 1 aromatic heterocycles. The van der Waals surface area contributed by atoms with Gasteiger partial charge >= 0.3 is 5.69 Å². The summed E-state index contributed by atoms with van der Waals surface area (Å²) in [6.07, 6.45) is 2.00. The first-order chi connectivity index (χ1) is 9.41. The summed E-state index contributed by atoms with van der Waals surface area (Å²) in [5.74, 6) is -0.0602. The van der Waals surface area contributed by atoms with Gasteiger partial charge in [0.1, 0.15) is 17.5 Å². The van der Waals surface area contributed by atoms with Gasteiger partial charge in [-0.1, -0.05) is 0 Å². The number of nitrogen functional groups attached to an aromatic ring is 1. The fourth-order valence-electron chi connectivity index (χ4n) is 2.27. The van der Waals surface area contributed by atoms with E-state index in [-0.39, 0.29) is 17.4 Å². The third kappa shape index (κ3) is 2.54. The van der Waals surface area contributed by atoms with Crippen LogP contribution in [0.15, 0.2) is 9.59 Å². The second-order valence-corrected chi connectivity index (χ2v) is 4.98. The molecule has 1 atom stereocenters. The third-order valence-corrected chi connectivity index (χ3v) is 3.52. The van der Waals surface area contributed by atoms with Crippen LogP contribution in [0.5, 0.6) is 0 Å². The fraction of sp³-hybridized carbons (Fsp3) is 0.583. The lowest BCUT2D eigenvalue weighted by Gasteiger charge is -2.22. The molecule has 20 heavy (non-hydrogen) atoms. The SMILES string of the molecule is CC(Nc1c(N)n(C)c(=O)[nH]c1=O)C(=O)N1CCCC1. The Balaban J connectivity index is 2.21. The fourth-order valence-corrected chi connectivity index (χ4v) is 2.27. The Bertz CT molecular complexity index is 627. The Morgan fingerprint density at radius 1 is 1.35 bits per heavy atom. The van der Waals surface area contributed by atoms with Crippen molar-refractivity contribution in [2.75, 3.05) is 24.1 Å². The number of nitrogens with two attached hydrogens (primary N) is 1. The van der Waals surface area contributed by atoms with Crippen LogP contribution in [-0.2, 0) is 11.8 Å². The predicted molar refractivity (Wildman–Crippen MR) is 75.6 cm³/mol. The molecule has 2 rings (SSSR count). The van der Waals surface area contributed by atoms with E-state index in [0.29, 0.717) is 0 Å². The van der Waals surface area contributed by atoms with Crippen molar-refractivity contribution in [1.29, 1.82) is 0 Å². The molecule has 4 N–H and O–H groups in total. The Morgan fingerprint density at radius 3 is 2.55 bits per heavy atom. The maximum absolute atomic E-state index is 12.2. The van der Waals surface area contributed by atoms with Crippen LogP contribution in [0.3, 0.4) is 0 Å². The van der Waals surface area contributed by atoms with E-state index < -0.39 is 17.3 Å². The zero-order valence-electron chi connectivity index (χ0n) is 11.6. The molecule has 1 aromatic rings. The first kappa shape index (κ1) is 14.2. The Morgan fingerprint density at radius 2 is 1.95 bits per heavy atom. The van der Waals surface area contributed by atoms with Gasteiger partial charge in [-0.15, -0.1) is 0 Å². The van der Waals surface area contributed by atoms with E-state index in [2.05, 4.69) is 10.3 Å². The van der Waals surface area contributed by atoms with Crippen LogP contribution in [0, 0.1) is 0 Å². The average molecular weight is 281 g/mol. The number of hydrogen-bond acceptors (Lipinski definition) is 5. The number of aromatic nitrogens is 2. The van der Waals surface area contributed by atoms with Crippen molar-refractivity contribution in [3.8, 4) is 0 Å². The zero-order valence-corrected chi connectivity index (χ0v) is 11.6. The van der Waals surface area contributed by atoms with E-state index in [1.807, 2.05) is 0 Å². The van der Waals surface area contributed by atoms with Crippen LogP contribution in [0.25, 0.3) is 0 Å². The molecule has 1 saturated heterocycles. The number of amides is 1. The minimum atomic E-state index is -0.619. The second-order valence-electron chi connectivity index (χ2n) is 4.98. The van der Waals surface area contributed by atoms with E-state index >= 15 is 0 Å². The first-order valence-corrected chi connectivity index (χ1v) is 6.56. The van der Waals surface area contributed by atoms with E-state index in [9.17, 15) is 14.4 Å². The number of carbonyl (C=O) groups excluding carboxylic acids is 1. The van der Waals surface area contributed by atoms with Gasteiger partial charge in [-0.25, -0.2) is 4.79 Å². The van der Waals surface area contributed by atoms with Crippen molar-refractivity contribution in [2.24, 2.45) is 7.05 Å². The highest BCUT2D eigenvalue weighted by molar-refractivity contribution is 5.85. The molecular weight excluding hydrogens is 262 g/mol. The van der Waals surface area contributed by atoms with Crippen LogP contribution in [0.2, 0.25) is 0 Å². The molecule has 1 aliphatic heterocycles. The van der Waals surface area contributed by atoms with Gasteiger partial charge < -0.3 is 16.0 Å². The highest BCUT2D eigenvalue weighted by atomic mass is 16.2. The van der Waals surface area contributed by atoms with E-state index in [1.165, 1.54) is 7.05 Å². The lowest BCUT2D eigenvalue weighted by atomic mass is 10.2. The van der Waals surface area contributed by atoms with E-state index in [1.54, 1.807) is 11.8 Å². The van der Waals surface area contributed by atoms with Crippen molar-refractivity contribution in [2.45, 2.75) is 25.8 Å². The van der Waals surface area contributed by atoms with Crippen molar-refractivity contribution >= 4 is 17.4 Å². The molecule has 0 aromatic carbocycles. The monoisotopic (exact) mass is 281 g/mol. The number of nitrogens with one attached hydrogen (secondary N) is 2. The van der Waals surface area contributed by atoms with Gasteiger partial charge in [0.15, 0.2) is 0 Å². The summed E-state index contributed by atoms with van der Waals surface area (Å²) in [4.78, 5) is 39.2. The molecule has 0 saturated carbocycles. The van der Waals surface area contributed by atoms with Gasteiger partial charge in [0.25, 0.3) is 5.56 Å². The largest absolute Gasteiger partial charge is 0.383 e. The number of likely N-dealkylation sites (tertiary alicyclic amines) is 1. The molecule has 1 aliphatic rings. The molecular formula is C12H19N5O3. The smallest absolute Gasteiger partial charge is 0.329 e. The number of aromatic amines is 1. The highest BCUT2D eigenvalue weighted by Gasteiger charge is 2.24. The Labute approximate surface area is 115 Å². The molecule has 8 heteroatoms. The molecule has 0 aliphatic carbocycles. The number of anilines is 2. The summed E-state index contributed by atoms with van der Waals surface area (Å²) >= 11 is 0. The molecule has 8 nitrogen and oxygen atoms in total. The van der Waals surface area contributed by atoms with Crippen LogP contribution in [-0.4, -0.2) is 39.5 Å². The molecule has 110 valence electrons. The molecule has 0 radical (unpaired) electrons. The topological polar surface area (TPSA) is 113 Å². The Kier molecular flexibility index (Phi) is 3.82. The second kappa shape index (κ2) is 5.40. The summed E-state index contributed by atoms with van der Waals surface area (Å²) in [5.41, 5.74) is 4.58. The van der Waals surface area contributed by atoms with E-state index in [4.69, 9.17) is 5.73 Å². The predicted octanol–water partition coefficient (Wildman–Crippen LogP) is -0.921. The summed E-state index contributed by atoms with van der Waals surface area (Å²) in [7, 11) is 1.45. The van der Waals surface area contributed by atoms with E-state index in [0.717, 1.165) is 30.5 Å². The summed E-state index contributed by atoms with van der Waals surface area (Å²) in [6.45, 7) is 3.15. The van der Waals surface area contributed by atoms with Crippen molar-refractivity contribution in [3.05, 3.63) is 20.8 Å². The average Bonchev–Trinajstić information content (AvgIpc) is 2.94. The normalized spacial score (nSPS) is 16.2. The number of nitrogens with zero attached hydrogens (tertiary/aromatic N) is 2. The quantitative estimate of drug-likeness (QED) is 0.663. The first-order valence-electron chi connectivity index (χ1n) is 6.56. The third-order valence-electron chi connectivity index (χ3n) is 3.52. The van der Waals surface area contributed by atoms with Gasteiger partial charge in [-0.05, 0) is 19.8 Å². The Hall–Kier alpha value is -2.25. The number of carbonyl (C=O) groups is 1. The number of hydrogen-bond donors (Lipinski definition) is 3. The molecule has 1 amide bonds. The number of H-pyrrole nitrogens is 1. The van der Waals surface area contributed by atoms with Crippen molar-refractivity contribution < 1.29 is 4.79 Å². The van der Waals surface area contributed by atoms with Gasteiger partial charge in [0, 0.05) is 20.1 Å². The van der Waals surface area contributed by atoms with Crippen LogP contribution in [0.4, 0.5) is 11.5 Å². The molecule has 1 unspecified atom stereocenters. The minimum Gasteiger partial charge on any atom is -0.383 e. The maximum atomic E-state index is 12.2. The molecule has 0 bridgehead atoms. The molecule has 0 spiro atoms.